The lowest BCUT2D eigenvalue weighted by Crippen LogP contribution is -2.16. The van der Waals surface area contributed by atoms with Crippen LogP contribution in [0.15, 0.2) is 79.0 Å². The van der Waals surface area contributed by atoms with Gasteiger partial charge in [0.2, 0.25) is 0 Å². The number of carbonyl (C=O) groups is 1. The molecule has 5 nitrogen and oxygen atoms in total. The average molecular weight is 382 g/mol. The van der Waals surface area contributed by atoms with E-state index in [1.54, 1.807) is 18.2 Å². The van der Waals surface area contributed by atoms with E-state index in [4.69, 9.17) is 9.47 Å². The van der Waals surface area contributed by atoms with E-state index < -0.39 is 0 Å². The van der Waals surface area contributed by atoms with Crippen LogP contribution in [0.4, 0.5) is 5.69 Å². The van der Waals surface area contributed by atoms with Crippen LogP contribution in [-0.2, 0) is 0 Å². The molecule has 4 aromatic rings. The molecule has 1 aliphatic heterocycles. The predicted molar refractivity (Wildman–Crippen MR) is 113 cm³/mol. The Balaban J connectivity index is 1.40. The quantitative estimate of drug-likeness (QED) is 0.546. The van der Waals surface area contributed by atoms with E-state index in [0.29, 0.717) is 36.0 Å². The molecule has 0 bridgehead atoms. The maximum Gasteiger partial charge on any atom is 0.255 e. The van der Waals surface area contributed by atoms with Gasteiger partial charge in [0.15, 0.2) is 11.5 Å². The second kappa shape index (κ2) is 7.28. The van der Waals surface area contributed by atoms with Crippen LogP contribution in [0.1, 0.15) is 10.4 Å². The summed E-state index contributed by atoms with van der Waals surface area (Å²) in [5, 5.41) is 3.99. The maximum atomic E-state index is 12.8. The van der Waals surface area contributed by atoms with Crippen LogP contribution in [0, 0.1) is 0 Å². The van der Waals surface area contributed by atoms with E-state index in [0.717, 1.165) is 22.0 Å². The Labute approximate surface area is 167 Å². The SMILES string of the molecule is O=C(Nc1ccc2c(c1)OCCO2)c1cccc(-c2cnc3ccccc3c2)c1. The highest BCUT2D eigenvalue weighted by Gasteiger charge is 2.14. The first-order chi connectivity index (χ1) is 14.3. The largest absolute Gasteiger partial charge is 0.486 e. The van der Waals surface area contributed by atoms with Crippen molar-refractivity contribution in [3.05, 3.63) is 84.6 Å². The van der Waals surface area contributed by atoms with Gasteiger partial charge in [0.25, 0.3) is 5.91 Å². The standard InChI is InChI=1S/C24H18N2O3/c27-24(26-20-8-9-22-23(14-20)29-11-10-28-22)18-6-3-5-16(12-18)19-13-17-4-1-2-7-21(17)25-15-19/h1-9,12-15H,10-11H2,(H,26,27). The first kappa shape index (κ1) is 17.3. The number of ether oxygens (including phenoxy) is 2. The molecule has 0 radical (unpaired) electrons. The molecule has 0 fully saturated rings. The van der Waals surface area contributed by atoms with Crippen molar-refractivity contribution in [3.63, 3.8) is 0 Å². The molecule has 0 saturated heterocycles. The van der Waals surface area contributed by atoms with Gasteiger partial charge in [-0.1, -0.05) is 30.3 Å². The number of amides is 1. The first-order valence-corrected chi connectivity index (χ1v) is 9.42. The van der Waals surface area contributed by atoms with Crippen LogP contribution < -0.4 is 14.8 Å². The third-order valence-corrected chi connectivity index (χ3v) is 4.85. The smallest absolute Gasteiger partial charge is 0.255 e. The molecular weight excluding hydrogens is 364 g/mol. The number of fused-ring (bicyclic) bond motifs is 2. The molecule has 1 N–H and O–H groups in total. The molecule has 5 rings (SSSR count). The number of para-hydroxylation sites is 1. The molecule has 1 amide bonds. The summed E-state index contributed by atoms with van der Waals surface area (Å²) in [6, 6.07) is 23.0. The van der Waals surface area contributed by atoms with Crippen LogP contribution in [0.2, 0.25) is 0 Å². The lowest BCUT2D eigenvalue weighted by atomic mass is 10.0. The summed E-state index contributed by atoms with van der Waals surface area (Å²) in [7, 11) is 0. The highest BCUT2D eigenvalue weighted by atomic mass is 16.6. The van der Waals surface area contributed by atoms with Crippen molar-refractivity contribution in [2.45, 2.75) is 0 Å². The van der Waals surface area contributed by atoms with Gasteiger partial charge in [-0.15, -0.1) is 0 Å². The third kappa shape index (κ3) is 3.50. The number of pyridine rings is 1. The van der Waals surface area contributed by atoms with Crippen LogP contribution in [0.25, 0.3) is 22.0 Å². The predicted octanol–water partition coefficient (Wildman–Crippen LogP) is 4.93. The van der Waals surface area contributed by atoms with E-state index in [1.165, 1.54) is 0 Å². The molecule has 0 aliphatic carbocycles. The Morgan fingerprint density at radius 1 is 0.828 bits per heavy atom. The molecule has 142 valence electrons. The molecule has 1 aromatic heterocycles. The lowest BCUT2D eigenvalue weighted by molar-refractivity contribution is 0.102. The number of aromatic nitrogens is 1. The monoisotopic (exact) mass is 382 g/mol. The van der Waals surface area contributed by atoms with Gasteiger partial charge in [-0.2, -0.15) is 0 Å². The second-order valence-electron chi connectivity index (χ2n) is 6.81. The van der Waals surface area contributed by atoms with Crippen LogP contribution in [0.3, 0.4) is 0 Å². The van der Waals surface area contributed by atoms with Crippen molar-refractivity contribution in [3.8, 4) is 22.6 Å². The molecule has 1 aliphatic rings. The Morgan fingerprint density at radius 3 is 2.62 bits per heavy atom. The zero-order valence-electron chi connectivity index (χ0n) is 15.6. The van der Waals surface area contributed by atoms with Gasteiger partial charge < -0.3 is 14.8 Å². The number of nitrogens with one attached hydrogen (secondary N) is 1. The maximum absolute atomic E-state index is 12.8. The number of carbonyl (C=O) groups excluding carboxylic acids is 1. The van der Waals surface area contributed by atoms with Crippen LogP contribution >= 0.6 is 0 Å². The van der Waals surface area contributed by atoms with Crippen LogP contribution in [-0.4, -0.2) is 24.1 Å². The summed E-state index contributed by atoms with van der Waals surface area (Å²) >= 11 is 0. The third-order valence-electron chi connectivity index (χ3n) is 4.85. The molecular formula is C24H18N2O3. The van der Waals surface area contributed by atoms with Gasteiger partial charge in [-0.05, 0) is 42.0 Å². The Morgan fingerprint density at radius 2 is 1.69 bits per heavy atom. The number of nitrogens with zero attached hydrogens (tertiary/aromatic N) is 1. The van der Waals surface area contributed by atoms with Crippen molar-refractivity contribution in [1.29, 1.82) is 0 Å². The number of anilines is 1. The Hall–Kier alpha value is -3.86. The molecule has 0 atom stereocenters. The summed E-state index contributed by atoms with van der Waals surface area (Å²) in [4.78, 5) is 17.3. The molecule has 0 spiro atoms. The minimum Gasteiger partial charge on any atom is -0.486 e. The number of rotatable bonds is 3. The van der Waals surface area contributed by atoms with Gasteiger partial charge >= 0.3 is 0 Å². The minimum absolute atomic E-state index is 0.183. The van der Waals surface area contributed by atoms with Gasteiger partial charge in [0.05, 0.1) is 5.52 Å². The Bertz CT molecular complexity index is 1220. The van der Waals surface area contributed by atoms with E-state index in [9.17, 15) is 4.79 Å². The summed E-state index contributed by atoms with van der Waals surface area (Å²) in [6.07, 6.45) is 1.83. The summed E-state index contributed by atoms with van der Waals surface area (Å²) in [5.74, 6) is 1.15. The van der Waals surface area contributed by atoms with Crippen molar-refractivity contribution >= 4 is 22.5 Å². The van der Waals surface area contributed by atoms with Crippen molar-refractivity contribution in [2.75, 3.05) is 18.5 Å². The van der Waals surface area contributed by atoms with E-state index >= 15 is 0 Å². The zero-order valence-corrected chi connectivity index (χ0v) is 15.6. The fourth-order valence-corrected chi connectivity index (χ4v) is 3.39. The molecule has 29 heavy (non-hydrogen) atoms. The second-order valence-corrected chi connectivity index (χ2v) is 6.81. The first-order valence-electron chi connectivity index (χ1n) is 9.42. The van der Waals surface area contributed by atoms with E-state index in [-0.39, 0.29) is 5.91 Å². The van der Waals surface area contributed by atoms with Gasteiger partial charge in [-0.25, -0.2) is 0 Å². The van der Waals surface area contributed by atoms with E-state index in [2.05, 4.69) is 16.4 Å². The summed E-state index contributed by atoms with van der Waals surface area (Å²) in [5.41, 5.74) is 4.10. The van der Waals surface area contributed by atoms with Gasteiger partial charge in [0.1, 0.15) is 13.2 Å². The number of benzene rings is 3. The summed E-state index contributed by atoms with van der Waals surface area (Å²) in [6.45, 7) is 1.04. The number of hydrogen-bond acceptors (Lipinski definition) is 4. The van der Waals surface area contributed by atoms with Crippen molar-refractivity contribution in [1.82, 2.24) is 4.98 Å². The molecule has 0 saturated carbocycles. The highest BCUT2D eigenvalue weighted by Crippen LogP contribution is 2.33. The fourth-order valence-electron chi connectivity index (χ4n) is 3.39. The van der Waals surface area contributed by atoms with Crippen molar-refractivity contribution < 1.29 is 14.3 Å². The minimum atomic E-state index is -0.183. The van der Waals surface area contributed by atoms with Gasteiger partial charge in [0, 0.05) is 34.5 Å². The van der Waals surface area contributed by atoms with Crippen molar-refractivity contribution in [2.24, 2.45) is 0 Å². The fraction of sp³-hybridized carbons (Fsp3) is 0.0833. The lowest BCUT2D eigenvalue weighted by Gasteiger charge is -2.19. The summed E-state index contributed by atoms with van der Waals surface area (Å²) < 4.78 is 11.1. The van der Waals surface area contributed by atoms with E-state index in [1.807, 2.05) is 54.7 Å². The highest BCUT2D eigenvalue weighted by molar-refractivity contribution is 6.05. The molecule has 2 heterocycles. The normalized spacial score (nSPS) is 12.6. The Kier molecular flexibility index (Phi) is 4.33. The average Bonchev–Trinajstić information content (AvgIpc) is 2.79. The van der Waals surface area contributed by atoms with Gasteiger partial charge in [-0.3, -0.25) is 9.78 Å². The topological polar surface area (TPSA) is 60.5 Å². The molecule has 0 unspecified atom stereocenters. The van der Waals surface area contributed by atoms with Crippen LogP contribution in [0.5, 0.6) is 11.5 Å². The zero-order chi connectivity index (χ0) is 19.6. The molecule has 5 heteroatoms. The molecule has 3 aromatic carbocycles. The number of hydrogen-bond donors (Lipinski definition) is 1.